The van der Waals surface area contributed by atoms with Gasteiger partial charge in [-0.2, -0.15) is 0 Å². The second kappa shape index (κ2) is 8.74. The molecule has 3 aromatic rings. The Kier molecular flexibility index (Phi) is 6.25. The van der Waals surface area contributed by atoms with E-state index < -0.39 is 23.1 Å². The summed E-state index contributed by atoms with van der Waals surface area (Å²) >= 11 is 12.8. The van der Waals surface area contributed by atoms with E-state index in [4.69, 9.17) is 27.9 Å². The highest BCUT2D eigenvalue weighted by Gasteiger charge is 2.46. The standard InChI is InChI=1S/C24H25Cl2FN4O3/c1-23(2,3)34-22(33)31-10-9-24(13-31,20-16(27)7-6-15(25)21(20)26)29-14-5-8-17-18(11-14)30(4)19(32)12-28-17/h5-8,11-12,29H,9-10,13H2,1-4H3/t24-/m0/s1. The number of carbonyl (C=O) groups excluding carboxylic acids is 1. The van der Waals surface area contributed by atoms with Crippen LogP contribution in [0, 0.1) is 5.82 Å². The number of anilines is 1. The number of nitrogens with one attached hydrogen (secondary N) is 1. The van der Waals surface area contributed by atoms with Gasteiger partial charge < -0.3 is 19.5 Å². The molecule has 7 nitrogen and oxygen atoms in total. The smallest absolute Gasteiger partial charge is 0.410 e. The third kappa shape index (κ3) is 4.57. The fourth-order valence-corrected chi connectivity index (χ4v) is 4.70. The predicted octanol–water partition coefficient (Wildman–Crippen LogP) is 5.33. The number of carbonyl (C=O) groups is 1. The normalized spacial score (nSPS) is 18.4. The third-order valence-corrected chi connectivity index (χ3v) is 6.61. The maximum atomic E-state index is 15.2. The van der Waals surface area contributed by atoms with Gasteiger partial charge in [0.05, 0.1) is 39.4 Å². The van der Waals surface area contributed by atoms with Crippen molar-refractivity contribution < 1.29 is 13.9 Å². The molecule has 1 fully saturated rings. The van der Waals surface area contributed by atoms with Crippen LogP contribution in [0.4, 0.5) is 14.9 Å². The van der Waals surface area contributed by atoms with Gasteiger partial charge in [-0.3, -0.25) is 4.79 Å². The first-order valence-electron chi connectivity index (χ1n) is 10.8. The summed E-state index contributed by atoms with van der Waals surface area (Å²) in [7, 11) is 1.65. The second-order valence-electron chi connectivity index (χ2n) is 9.44. The summed E-state index contributed by atoms with van der Waals surface area (Å²) in [5, 5.41) is 3.68. The van der Waals surface area contributed by atoms with Crippen LogP contribution in [0.2, 0.25) is 10.0 Å². The molecule has 0 saturated carbocycles. The Labute approximate surface area is 206 Å². The first-order chi connectivity index (χ1) is 15.9. The molecular weight excluding hydrogens is 482 g/mol. The quantitative estimate of drug-likeness (QED) is 0.486. The van der Waals surface area contributed by atoms with Crippen LogP contribution < -0.4 is 10.9 Å². The fraction of sp³-hybridized carbons (Fsp3) is 0.375. The number of likely N-dealkylation sites (tertiary alicyclic amines) is 1. The van der Waals surface area contributed by atoms with Crippen LogP contribution in [0.1, 0.15) is 32.8 Å². The van der Waals surface area contributed by atoms with Gasteiger partial charge in [0.25, 0.3) is 5.56 Å². The highest BCUT2D eigenvalue weighted by atomic mass is 35.5. The average molecular weight is 507 g/mol. The minimum absolute atomic E-state index is 0.0788. The zero-order valence-electron chi connectivity index (χ0n) is 19.3. The van der Waals surface area contributed by atoms with Gasteiger partial charge in [-0.15, -0.1) is 0 Å². The zero-order valence-corrected chi connectivity index (χ0v) is 20.8. The Morgan fingerprint density at radius 1 is 1.24 bits per heavy atom. The summed E-state index contributed by atoms with van der Waals surface area (Å²) in [5.41, 5.74) is 0.00988. The van der Waals surface area contributed by atoms with Crippen molar-refractivity contribution in [3.63, 3.8) is 0 Å². The predicted molar refractivity (Wildman–Crippen MR) is 131 cm³/mol. The maximum Gasteiger partial charge on any atom is 0.410 e. The minimum Gasteiger partial charge on any atom is -0.444 e. The van der Waals surface area contributed by atoms with E-state index in [0.29, 0.717) is 29.7 Å². The van der Waals surface area contributed by atoms with Gasteiger partial charge in [-0.1, -0.05) is 23.2 Å². The Bertz CT molecular complexity index is 1340. The first kappa shape index (κ1) is 24.3. The van der Waals surface area contributed by atoms with Crippen LogP contribution >= 0.6 is 23.2 Å². The average Bonchev–Trinajstić information content (AvgIpc) is 3.18. The highest BCUT2D eigenvalue weighted by molar-refractivity contribution is 6.42. The lowest BCUT2D eigenvalue weighted by molar-refractivity contribution is 0.0286. The first-order valence-corrected chi connectivity index (χ1v) is 11.5. The summed E-state index contributed by atoms with van der Waals surface area (Å²) < 4.78 is 22.2. The second-order valence-corrected chi connectivity index (χ2v) is 10.2. The lowest BCUT2D eigenvalue weighted by Gasteiger charge is -2.34. The highest BCUT2D eigenvalue weighted by Crippen LogP contribution is 2.43. The number of amides is 1. The van der Waals surface area contributed by atoms with E-state index in [0.717, 1.165) is 0 Å². The van der Waals surface area contributed by atoms with E-state index >= 15 is 4.39 Å². The SMILES string of the molecule is Cn1c(=O)cnc2ccc(N[C@@]3(c4c(F)ccc(Cl)c4Cl)CCN(C(=O)OC(C)(C)C)C3)cc21. The minimum atomic E-state index is -1.09. The number of fused-ring (bicyclic) bond motifs is 1. The molecule has 10 heteroatoms. The van der Waals surface area contributed by atoms with E-state index in [2.05, 4.69) is 10.3 Å². The molecule has 0 unspecified atom stereocenters. The lowest BCUT2D eigenvalue weighted by atomic mass is 9.87. The van der Waals surface area contributed by atoms with Crippen molar-refractivity contribution in [1.82, 2.24) is 14.5 Å². The molecule has 4 rings (SSSR count). The van der Waals surface area contributed by atoms with Crippen molar-refractivity contribution in [3.8, 4) is 0 Å². The van der Waals surface area contributed by atoms with Crippen LogP contribution in [0.25, 0.3) is 11.0 Å². The molecule has 0 radical (unpaired) electrons. The summed E-state index contributed by atoms with van der Waals surface area (Å²) in [4.78, 5) is 30.6. The topological polar surface area (TPSA) is 76.5 Å². The Morgan fingerprint density at radius 2 is 1.97 bits per heavy atom. The molecule has 2 heterocycles. The van der Waals surface area contributed by atoms with Crippen molar-refractivity contribution in [3.05, 3.63) is 68.3 Å². The van der Waals surface area contributed by atoms with Crippen LogP contribution in [0.15, 0.2) is 41.3 Å². The van der Waals surface area contributed by atoms with Crippen molar-refractivity contribution in [1.29, 1.82) is 0 Å². The molecular formula is C24H25Cl2FN4O3. The van der Waals surface area contributed by atoms with Gasteiger partial charge >= 0.3 is 6.09 Å². The number of aryl methyl sites for hydroxylation is 1. The number of hydrogen-bond acceptors (Lipinski definition) is 5. The Morgan fingerprint density at radius 3 is 2.68 bits per heavy atom. The molecule has 1 amide bonds. The number of aromatic nitrogens is 2. The molecule has 180 valence electrons. The van der Waals surface area contributed by atoms with Gasteiger partial charge in [-0.05, 0) is 57.5 Å². The monoisotopic (exact) mass is 506 g/mol. The van der Waals surface area contributed by atoms with E-state index in [-0.39, 0.29) is 27.7 Å². The number of nitrogens with zero attached hydrogens (tertiary/aromatic N) is 3. The molecule has 0 spiro atoms. The number of benzene rings is 2. The fourth-order valence-electron chi connectivity index (χ4n) is 4.21. The Balaban J connectivity index is 1.80. The molecule has 0 bridgehead atoms. The molecule has 0 aliphatic carbocycles. The summed E-state index contributed by atoms with van der Waals surface area (Å²) in [6.07, 6.45) is 1.11. The zero-order chi connectivity index (χ0) is 24.8. The lowest BCUT2D eigenvalue weighted by Crippen LogP contribution is -2.42. The van der Waals surface area contributed by atoms with Gasteiger partial charge in [0.1, 0.15) is 11.4 Å². The molecule has 1 aliphatic rings. The number of rotatable bonds is 3. The van der Waals surface area contributed by atoms with E-state index in [1.807, 2.05) is 0 Å². The van der Waals surface area contributed by atoms with Crippen molar-refractivity contribution in [2.24, 2.45) is 7.05 Å². The number of halogens is 3. The molecule has 2 aromatic carbocycles. The number of ether oxygens (including phenoxy) is 1. The Hall–Kier alpha value is -2.84. The van der Waals surface area contributed by atoms with Crippen LogP contribution in [0.3, 0.4) is 0 Å². The third-order valence-electron chi connectivity index (χ3n) is 5.81. The van der Waals surface area contributed by atoms with E-state index in [1.54, 1.807) is 46.0 Å². The van der Waals surface area contributed by atoms with Crippen LogP contribution in [0.5, 0.6) is 0 Å². The molecule has 1 aliphatic heterocycles. The molecule has 1 N–H and O–H groups in total. The van der Waals surface area contributed by atoms with Gasteiger partial charge in [0.2, 0.25) is 0 Å². The van der Waals surface area contributed by atoms with Gasteiger partial charge in [0, 0.05) is 24.8 Å². The molecule has 34 heavy (non-hydrogen) atoms. The summed E-state index contributed by atoms with van der Waals surface area (Å²) in [5.74, 6) is -0.539. The van der Waals surface area contributed by atoms with E-state index in [9.17, 15) is 9.59 Å². The van der Waals surface area contributed by atoms with Crippen molar-refractivity contribution >= 4 is 46.0 Å². The van der Waals surface area contributed by atoms with Crippen LogP contribution in [-0.2, 0) is 17.3 Å². The van der Waals surface area contributed by atoms with Crippen LogP contribution in [-0.4, -0.2) is 39.2 Å². The maximum absolute atomic E-state index is 15.2. The van der Waals surface area contributed by atoms with Gasteiger partial charge in [0.15, 0.2) is 0 Å². The molecule has 1 atom stereocenters. The van der Waals surface area contributed by atoms with E-state index in [1.165, 1.54) is 27.8 Å². The van der Waals surface area contributed by atoms with Crippen molar-refractivity contribution in [2.45, 2.75) is 38.3 Å². The largest absolute Gasteiger partial charge is 0.444 e. The summed E-state index contributed by atoms with van der Waals surface area (Å²) in [6.45, 7) is 5.77. The number of hydrogen-bond donors (Lipinski definition) is 1. The van der Waals surface area contributed by atoms with Crippen molar-refractivity contribution in [2.75, 3.05) is 18.4 Å². The summed E-state index contributed by atoms with van der Waals surface area (Å²) in [6, 6.07) is 7.97. The molecule has 1 aromatic heterocycles. The molecule has 1 saturated heterocycles. The van der Waals surface area contributed by atoms with Gasteiger partial charge in [-0.25, -0.2) is 14.2 Å².